The average Bonchev–Trinajstić information content (AvgIpc) is 3.66. The van der Waals surface area contributed by atoms with Gasteiger partial charge in [0.2, 0.25) is 5.91 Å². The normalized spacial score (nSPS) is 18.2. The number of carbonyl (C=O) groups excluding carboxylic acids is 3. The number of aliphatic imine (C=N–C) groups is 1. The van der Waals surface area contributed by atoms with Gasteiger partial charge in [-0.15, -0.1) is 0 Å². The fourth-order valence-corrected chi connectivity index (χ4v) is 9.00. The molecule has 2 aromatic rings. The Kier molecular flexibility index (Phi) is 13.8. The number of nitrogens with one attached hydrogen (secondary N) is 1. The summed E-state index contributed by atoms with van der Waals surface area (Å²) in [6.07, 6.45) is 11.3. The highest BCUT2D eigenvalue weighted by molar-refractivity contribution is 7.86. The van der Waals surface area contributed by atoms with Crippen molar-refractivity contribution in [1.82, 2.24) is 10.2 Å². The highest BCUT2D eigenvalue weighted by atomic mass is 35.5. The van der Waals surface area contributed by atoms with E-state index < -0.39 is 64.5 Å². The number of anilines is 1. The second-order valence-corrected chi connectivity index (χ2v) is 20.6. The number of fused-ring (bicyclic) bond motifs is 2. The first-order chi connectivity index (χ1) is 27.8. The lowest BCUT2D eigenvalue weighted by Gasteiger charge is -2.27. The molecule has 0 spiro atoms. The highest BCUT2D eigenvalue weighted by Gasteiger charge is 2.43. The third-order valence-electron chi connectivity index (χ3n) is 10.5. The van der Waals surface area contributed by atoms with Crippen molar-refractivity contribution in [2.75, 3.05) is 36.0 Å². The first-order valence-electron chi connectivity index (χ1n) is 18.8. The molecule has 60 heavy (non-hydrogen) atoms. The Morgan fingerprint density at radius 1 is 0.867 bits per heavy atom. The maximum absolute atomic E-state index is 13.1. The monoisotopic (exact) mass is 908 g/mol. The van der Waals surface area contributed by atoms with E-state index in [0.717, 1.165) is 22.6 Å². The minimum absolute atomic E-state index is 0.0112. The number of imide groups is 1. The van der Waals surface area contributed by atoms with Gasteiger partial charge in [-0.25, -0.2) is 4.57 Å². The number of hydrogen-bond acceptors (Lipinski definition) is 11. The second kappa shape index (κ2) is 17.8. The van der Waals surface area contributed by atoms with Crippen molar-refractivity contribution in [2.45, 2.75) is 75.6 Å². The number of benzene rings is 1. The molecule has 1 aromatic carbocycles. The Labute approximate surface area is 354 Å². The quantitative estimate of drug-likeness (QED) is 0.0721. The topological polar surface area (TPSA) is 249 Å². The van der Waals surface area contributed by atoms with E-state index in [1.807, 2.05) is 27.7 Å². The van der Waals surface area contributed by atoms with Gasteiger partial charge in [0.05, 0.1) is 38.9 Å². The number of rotatable bonds is 18. The van der Waals surface area contributed by atoms with Crippen LogP contribution in [0.4, 0.5) is 11.5 Å². The lowest BCUT2D eigenvalue weighted by molar-refractivity contribution is -0.684. The molecule has 0 saturated carbocycles. The molecule has 324 valence electrons. The van der Waals surface area contributed by atoms with Crippen LogP contribution in [0, 0.1) is 0 Å². The summed E-state index contributed by atoms with van der Waals surface area (Å²) in [6.45, 7) is 7.88. The molecule has 3 aliphatic heterocycles. The van der Waals surface area contributed by atoms with Gasteiger partial charge < -0.3 is 10.2 Å². The molecule has 0 radical (unpaired) electrons. The summed E-state index contributed by atoms with van der Waals surface area (Å²) in [5, 5.41) is 3.12. The number of allylic oxidation sites excluding steroid dienone is 6. The predicted octanol–water partition coefficient (Wildman–Crippen LogP) is 3.78. The van der Waals surface area contributed by atoms with E-state index in [1.165, 1.54) is 18.2 Å². The molecule has 0 fully saturated rings. The molecular weight excluding hydrogens is 862 g/mol. The Morgan fingerprint density at radius 3 is 2.15 bits per heavy atom. The maximum Gasteiger partial charge on any atom is 0.327 e. The third kappa shape index (κ3) is 11.2. The van der Waals surface area contributed by atoms with Crippen molar-refractivity contribution in [3.63, 3.8) is 0 Å². The fourth-order valence-electron chi connectivity index (χ4n) is 7.27. The van der Waals surface area contributed by atoms with Crippen LogP contribution in [-0.4, -0.2) is 98.4 Å². The average molecular weight is 909 g/mol. The van der Waals surface area contributed by atoms with E-state index in [-0.39, 0.29) is 62.7 Å². The number of amides is 3. The minimum Gasteiger partial charge on any atom is -0.354 e. The van der Waals surface area contributed by atoms with E-state index in [9.17, 15) is 53.3 Å². The zero-order valence-corrected chi connectivity index (χ0v) is 36.5. The van der Waals surface area contributed by atoms with Crippen molar-refractivity contribution in [3.05, 3.63) is 94.3 Å². The van der Waals surface area contributed by atoms with Gasteiger partial charge in [-0.3, -0.25) is 32.9 Å². The smallest absolute Gasteiger partial charge is 0.327 e. The first-order valence-corrected chi connectivity index (χ1v) is 23.8. The Bertz CT molecular complexity index is 2580. The van der Waals surface area contributed by atoms with Crippen molar-refractivity contribution < 1.29 is 57.9 Å². The molecule has 0 unspecified atom stereocenters. The van der Waals surface area contributed by atoms with Gasteiger partial charge in [0.1, 0.15) is 6.20 Å². The molecule has 21 heteroatoms. The van der Waals surface area contributed by atoms with Gasteiger partial charge in [0, 0.05) is 61.4 Å². The lowest BCUT2D eigenvalue weighted by atomic mass is 9.82. The SMILES string of the molecule is CC1(C)C(=CC=C(C=CC2=Nc3c(cc(Cl)c[n+]3CCCS(=O)(=O)O)C2(C)C)CCC(=O)NCCN2C(=O)C=CC2=O)N(CCCS(=O)(=O)O)c2ccc(S(=O)(=O)O)cc21. The summed E-state index contributed by atoms with van der Waals surface area (Å²) >= 11 is 6.48. The molecule has 0 aliphatic carbocycles. The third-order valence-corrected chi connectivity index (χ3v) is 13.1. The van der Waals surface area contributed by atoms with Crippen LogP contribution < -0.4 is 14.8 Å². The van der Waals surface area contributed by atoms with Crippen LogP contribution in [0.25, 0.3) is 0 Å². The largest absolute Gasteiger partial charge is 0.354 e. The molecule has 5 rings (SSSR count). The summed E-state index contributed by atoms with van der Waals surface area (Å²) in [6, 6.07) is 5.89. The highest BCUT2D eigenvalue weighted by Crippen LogP contribution is 2.48. The minimum atomic E-state index is -4.57. The second-order valence-electron chi connectivity index (χ2n) is 15.6. The number of hydrogen-bond donors (Lipinski definition) is 4. The summed E-state index contributed by atoms with van der Waals surface area (Å²) in [5.41, 5.74) is 2.15. The summed E-state index contributed by atoms with van der Waals surface area (Å²) in [4.78, 5) is 44.3. The van der Waals surface area contributed by atoms with Crippen LogP contribution in [0.15, 0.2) is 88.1 Å². The Hall–Kier alpha value is -4.57. The van der Waals surface area contributed by atoms with E-state index in [1.54, 1.807) is 46.0 Å². The first kappa shape index (κ1) is 46.5. The molecule has 1 aromatic heterocycles. The number of aromatic nitrogens is 1. The van der Waals surface area contributed by atoms with Crippen LogP contribution in [0.1, 0.15) is 64.5 Å². The standard InChI is InChI=1S/C39H46ClN5O12S3/c1-38(2)30-23-27(40)25-43(18-5-21-58(49,50)51)37(30)42-32(38)12-7-26(9-14-34(46)41-17-20-45-35(47)15-16-36(45)48)8-13-33-39(3,4)29-24-28(60(55,56)57)10-11-31(29)44(33)19-6-22-59(52,53)54/h7-8,10-13,15-16,23-25H,5-6,9,14,17-22H2,1-4H3,(H3-,41,46,49,50,51,52,53,54,55,56,57)/p+1. The number of carbonyl (C=O) groups is 3. The van der Waals surface area contributed by atoms with E-state index in [0.29, 0.717) is 39.1 Å². The van der Waals surface area contributed by atoms with E-state index in [2.05, 4.69) is 5.32 Å². The molecule has 3 aliphatic rings. The molecule has 17 nitrogen and oxygen atoms in total. The van der Waals surface area contributed by atoms with Crippen LogP contribution in [0.5, 0.6) is 0 Å². The summed E-state index contributed by atoms with van der Waals surface area (Å²) in [7, 11) is -13.1. The van der Waals surface area contributed by atoms with Gasteiger partial charge in [-0.1, -0.05) is 37.6 Å². The lowest BCUT2D eigenvalue weighted by Crippen LogP contribution is -2.38. The Balaban J connectivity index is 1.50. The predicted molar refractivity (Wildman–Crippen MR) is 224 cm³/mol. The molecule has 4 heterocycles. The number of pyridine rings is 1. The number of halogens is 1. The molecule has 4 N–H and O–H groups in total. The molecule has 0 bridgehead atoms. The molecular formula is C39H47ClN5O12S3+. The van der Waals surface area contributed by atoms with E-state index in [4.69, 9.17) is 16.6 Å². The van der Waals surface area contributed by atoms with Crippen LogP contribution in [-0.2, 0) is 62.1 Å². The van der Waals surface area contributed by atoms with Crippen molar-refractivity contribution in [1.29, 1.82) is 0 Å². The summed E-state index contributed by atoms with van der Waals surface area (Å²) in [5.74, 6) is -1.74. The number of nitrogens with zero attached hydrogens (tertiary/aromatic N) is 4. The maximum atomic E-state index is 13.1. The molecule has 3 amide bonds. The van der Waals surface area contributed by atoms with Crippen molar-refractivity contribution in [2.24, 2.45) is 4.99 Å². The number of aryl methyl sites for hydroxylation is 1. The van der Waals surface area contributed by atoms with Gasteiger partial charge >= 0.3 is 5.82 Å². The fraction of sp³-hybridized carbons (Fsp3) is 0.410. The van der Waals surface area contributed by atoms with Gasteiger partial charge in [-0.05, 0) is 79.2 Å². The zero-order chi connectivity index (χ0) is 44.4. The van der Waals surface area contributed by atoms with Crippen LogP contribution in [0.2, 0.25) is 5.02 Å². The van der Waals surface area contributed by atoms with Gasteiger partial charge in [-0.2, -0.15) is 25.3 Å². The summed E-state index contributed by atoms with van der Waals surface area (Å²) < 4.78 is 100. The van der Waals surface area contributed by atoms with Crippen LogP contribution >= 0.6 is 11.6 Å². The Morgan fingerprint density at radius 2 is 1.52 bits per heavy atom. The van der Waals surface area contributed by atoms with Gasteiger partial charge in [0.25, 0.3) is 42.2 Å². The molecule has 0 atom stereocenters. The molecule has 0 saturated heterocycles. The van der Waals surface area contributed by atoms with Crippen molar-refractivity contribution in [3.8, 4) is 0 Å². The zero-order valence-electron chi connectivity index (χ0n) is 33.3. The van der Waals surface area contributed by atoms with E-state index >= 15 is 0 Å². The van der Waals surface area contributed by atoms with Crippen LogP contribution in [0.3, 0.4) is 0 Å². The van der Waals surface area contributed by atoms with Crippen molar-refractivity contribution >= 4 is 76.9 Å². The van der Waals surface area contributed by atoms with Gasteiger partial charge in [0.15, 0.2) is 5.71 Å².